The number of carbonyl (C=O) groups excluding carboxylic acids is 3. The minimum absolute atomic E-state index is 0.0598. The second-order valence-electron chi connectivity index (χ2n) is 7.82. The smallest absolute Gasteiger partial charge is 0.347 e. The highest BCUT2D eigenvalue weighted by molar-refractivity contribution is 7.87. The van der Waals surface area contributed by atoms with Gasteiger partial charge >= 0.3 is 5.97 Å². The maximum absolute atomic E-state index is 13.8. The Morgan fingerprint density at radius 3 is 2.26 bits per heavy atom. The van der Waals surface area contributed by atoms with E-state index < -0.39 is 51.2 Å². The SMILES string of the molecule is CCCC(c1ccccn1)C(NC(=S)CC)(NC(=S)CC)C(=O)ON1C(=O)CC(S(=O)(=O)O)C1=O. The highest BCUT2D eigenvalue weighted by atomic mass is 32.2. The van der Waals surface area contributed by atoms with Gasteiger partial charge in [-0.2, -0.15) is 8.42 Å². The zero-order valence-corrected chi connectivity index (χ0v) is 22.0. The van der Waals surface area contributed by atoms with Crippen molar-refractivity contribution in [2.24, 2.45) is 0 Å². The average molecular weight is 545 g/mol. The van der Waals surface area contributed by atoms with Crippen LogP contribution in [0.3, 0.4) is 0 Å². The van der Waals surface area contributed by atoms with E-state index in [1.165, 1.54) is 0 Å². The Kier molecular flexibility index (Phi) is 9.77. The fourth-order valence-electron chi connectivity index (χ4n) is 3.59. The summed E-state index contributed by atoms with van der Waals surface area (Å²) in [6, 6.07) is 5.15. The van der Waals surface area contributed by atoms with Crippen molar-refractivity contribution in [3.8, 4) is 0 Å². The third kappa shape index (κ3) is 6.57. The summed E-state index contributed by atoms with van der Waals surface area (Å²) in [5, 5.41) is 3.95. The lowest BCUT2D eigenvalue weighted by atomic mass is 9.84. The molecule has 14 heteroatoms. The van der Waals surface area contributed by atoms with Crippen molar-refractivity contribution in [2.45, 2.75) is 69.7 Å². The van der Waals surface area contributed by atoms with E-state index in [2.05, 4.69) is 15.6 Å². The Bertz CT molecular complexity index is 1080. The molecule has 2 atom stereocenters. The molecule has 11 nitrogen and oxygen atoms in total. The molecule has 0 spiro atoms. The third-order valence-corrected chi connectivity index (χ3v) is 7.25. The number of nitrogens with zero attached hydrogens (tertiary/aromatic N) is 2. The summed E-state index contributed by atoms with van der Waals surface area (Å²) < 4.78 is 32.3. The quantitative estimate of drug-likeness (QED) is 0.161. The number of hydroxylamine groups is 2. The number of nitrogens with one attached hydrogen (secondary N) is 2. The Morgan fingerprint density at radius 2 is 1.83 bits per heavy atom. The molecule has 0 saturated carbocycles. The van der Waals surface area contributed by atoms with Gasteiger partial charge in [-0.25, -0.2) is 4.79 Å². The highest BCUT2D eigenvalue weighted by Gasteiger charge is 2.54. The molecule has 1 saturated heterocycles. The number of hydrogen-bond donors (Lipinski definition) is 3. The first-order chi connectivity index (χ1) is 16.4. The van der Waals surface area contributed by atoms with Gasteiger partial charge < -0.3 is 15.5 Å². The van der Waals surface area contributed by atoms with Crippen LogP contribution in [0.4, 0.5) is 0 Å². The van der Waals surface area contributed by atoms with Crippen LogP contribution in [0.1, 0.15) is 64.5 Å². The van der Waals surface area contributed by atoms with Gasteiger partial charge in [0, 0.05) is 11.9 Å². The molecule has 0 aromatic carbocycles. The third-order valence-electron chi connectivity index (χ3n) is 5.38. The normalized spacial score (nSPS) is 17.1. The van der Waals surface area contributed by atoms with E-state index in [9.17, 15) is 27.4 Å². The van der Waals surface area contributed by atoms with E-state index in [1.54, 1.807) is 38.2 Å². The van der Waals surface area contributed by atoms with Gasteiger partial charge in [0.25, 0.3) is 21.9 Å². The predicted octanol–water partition coefficient (Wildman–Crippen LogP) is 1.79. The highest BCUT2D eigenvalue weighted by Crippen LogP contribution is 2.33. The summed E-state index contributed by atoms with van der Waals surface area (Å²) in [5.41, 5.74) is -1.40. The van der Waals surface area contributed by atoms with E-state index >= 15 is 0 Å². The molecule has 1 aromatic rings. The summed E-state index contributed by atoms with van der Waals surface area (Å²) in [4.78, 5) is 48.8. The van der Waals surface area contributed by atoms with Crippen LogP contribution in [0, 0.1) is 0 Å². The zero-order chi connectivity index (χ0) is 26.4. The first kappa shape index (κ1) is 28.7. The molecule has 0 bridgehead atoms. The van der Waals surface area contributed by atoms with Crippen molar-refractivity contribution in [1.82, 2.24) is 20.7 Å². The standard InChI is InChI=1S/C21H28N4O7S3/c1-4-9-13(14-10-7-8-11-22-14)21(23-16(33)5-2,24-17(34)6-3)20(28)32-25-18(26)12-15(19(25)27)35(29,30)31/h7-8,10-11,13,15H,4-6,9,12H2,1-3H3,(H,23,33)(H,24,34)(H,29,30,31). The number of hydrogen-bond acceptors (Lipinski definition) is 9. The van der Waals surface area contributed by atoms with Crippen molar-refractivity contribution in [3.05, 3.63) is 30.1 Å². The molecule has 35 heavy (non-hydrogen) atoms. The zero-order valence-electron chi connectivity index (χ0n) is 19.5. The Balaban J connectivity index is 2.63. The lowest BCUT2D eigenvalue weighted by molar-refractivity contribution is -0.203. The van der Waals surface area contributed by atoms with Gasteiger partial charge in [-0.15, -0.1) is 5.06 Å². The molecule has 2 heterocycles. The molecule has 2 unspecified atom stereocenters. The molecule has 192 valence electrons. The molecule has 1 aromatic heterocycles. The summed E-state index contributed by atoms with van der Waals surface area (Å²) in [6.07, 6.45) is 2.37. The van der Waals surface area contributed by atoms with Gasteiger partial charge in [0.2, 0.25) is 5.66 Å². The van der Waals surface area contributed by atoms with Gasteiger partial charge in [-0.3, -0.25) is 19.1 Å². The molecule has 2 rings (SSSR count). The van der Waals surface area contributed by atoms with Crippen molar-refractivity contribution < 1.29 is 32.2 Å². The van der Waals surface area contributed by atoms with Crippen LogP contribution in [0.5, 0.6) is 0 Å². The van der Waals surface area contributed by atoms with E-state index in [4.69, 9.17) is 29.3 Å². The van der Waals surface area contributed by atoms with Crippen LogP contribution in [0.2, 0.25) is 0 Å². The van der Waals surface area contributed by atoms with E-state index in [0.717, 1.165) is 0 Å². The van der Waals surface area contributed by atoms with Crippen LogP contribution >= 0.6 is 24.4 Å². The van der Waals surface area contributed by atoms with Crippen LogP contribution in [-0.2, 0) is 29.3 Å². The second-order valence-corrected chi connectivity index (χ2v) is 10.4. The summed E-state index contributed by atoms with van der Waals surface area (Å²) in [7, 11) is -4.89. The van der Waals surface area contributed by atoms with E-state index in [-0.39, 0.29) is 15.0 Å². The number of carbonyl (C=O) groups is 3. The van der Waals surface area contributed by atoms with Gasteiger partial charge in [-0.1, -0.05) is 57.7 Å². The minimum Gasteiger partial charge on any atom is -0.347 e. The van der Waals surface area contributed by atoms with E-state index in [1.807, 2.05) is 6.92 Å². The Morgan fingerprint density at radius 1 is 1.23 bits per heavy atom. The van der Waals surface area contributed by atoms with Crippen molar-refractivity contribution in [3.63, 3.8) is 0 Å². The van der Waals surface area contributed by atoms with E-state index in [0.29, 0.717) is 31.4 Å². The maximum Gasteiger partial charge on any atom is 0.379 e. The van der Waals surface area contributed by atoms with Gasteiger partial charge in [0.15, 0.2) is 5.25 Å². The number of amides is 2. The lowest BCUT2D eigenvalue weighted by Crippen LogP contribution is -2.69. The van der Waals surface area contributed by atoms with Gasteiger partial charge in [0.05, 0.1) is 22.3 Å². The fourth-order valence-corrected chi connectivity index (χ4v) is 4.62. The van der Waals surface area contributed by atoms with Crippen molar-refractivity contribution in [2.75, 3.05) is 0 Å². The maximum atomic E-state index is 13.8. The minimum atomic E-state index is -4.89. The largest absolute Gasteiger partial charge is 0.379 e. The van der Waals surface area contributed by atoms with Gasteiger partial charge in [0.1, 0.15) is 0 Å². The van der Waals surface area contributed by atoms with Crippen LogP contribution in [0.25, 0.3) is 0 Å². The first-order valence-corrected chi connectivity index (χ1v) is 13.3. The van der Waals surface area contributed by atoms with Crippen molar-refractivity contribution in [1.29, 1.82) is 0 Å². The Hall–Kier alpha value is -2.55. The summed E-state index contributed by atoms with van der Waals surface area (Å²) in [6.45, 7) is 5.43. The van der Waals surface area contributed by atoms with Gasteiger partial charge in [-0.05, 0) is 31.4 Å². The van der Waals surface area contributed by atoms with Crippen LogP contribution < -0.4 is 10.6 Å². The number of rotatable bonds is 11. The first-order valence-electron chi connectivity index (χ1n) is 11.0. The monoisotopic (exact) mass is 544 g/mol. The Labute approximate surface area is 214 Å². The molecule has 1 fully saturated rings. The number of thiocarbonyl (C=S) groups is 2. The predicted molar refractivity (Wildman–Crippen MR) is 135 cm³/mol. The fraction of sp³-hybridized carbons (Fsp3) is 0.524. The van der Waals surface area contributed by atoms with Crippen molar-refractivity contribution >= 4 is 62.3 Å². The molecule has 1 aliphatic heterocycles. The average Bonchev–Trinajstić information content (AvgIpc) is 3.11. The number of pyridine rings is 1. The second kappa shape index (κ2) is 11.9. The molecular formula is C21H28N4O7S3. The molecule has 3 N–H and O–H groups in total. The molecular weight excluding hydrogens is 516 g/mol. The summed E-state index contributed by atoms with van der Waals surface area (Å²) in [5.74, 6) is -4.35. The topological polar surface area (TPSA) is 155 Å². The number of aromatic nitrogens is 1. The molecule has 1 aliphatic rings. The number of imide groups is 1. The lowest BCUT2D eigenvalue weighted by Gasteiger charge is -2.41. The van der Waals surface area contributed by atoms with Crippen LogP contribution in [0.15, 0.2) is 24.4 Å². The molecule has 2 amide bonds. The van der Waals surface area contributed by atoms with Crippen LogP contribution in [-0.4, -0.2) is 61.7 Å². The molecule has 0 radical (unpaired) electrons. The summed E-state index contributed by atoms with van der Waals surface area (Å²) >= 11 is 10.8. The molecule has 0 aliphatic carbocycles.